The van der Waals surface area contributed by atoms with E-state index in [9.17, 15) is 18.3 Å². The van der Waals surface area contributed by atoms with Crippen LogP contribution in [0.2, 0.25) is 10.0 Å². The summed E-state index contributed by atoms with van der Waals surface area (Å²) in [4.78, 5) is 10.5. The fourth-order valence-electron chi connectivity index (χ4n) is 1.98. The van der Waals surface area contributed by atoms with Gasteiger partial charge < -0.3 is 19.4 Å². The summed E-state index contributed by atoms with van der Waals surface area (Å²) in [6, 6.07) is 5.89. The molecule has 7 nitrogen and oxygen atoms in total. The van der Waals surface area contributed by atoms with Crippen molar-refractivity contribution in [1.82, 2.24) is 0 Å². The molecule has 0 unspecified atom stereocenters. The van der Waals surface area contributed by atoms with E-state index in [4.69, 9.17) is 32.7 Å². The summed E-state index contributed by atoms with van der Waals surface area (Å²) in [6.07, 6.45) is 0. The van der Waals surface area contributed by atoms with E-state index in [0.29, 0.717) is 5.75 Å². The predicted octanol–water partition coefficient (Wildman–Crippen LogP) is 2.17. The molecular formula is C15H12Cl2NO6S-. The normalized spacial score (nSPS) is 11.0. The molecule has 0 saturated heterocycles. The summed E-state index contributed by atoms with van der Waals surface area (Å²) < 4.78 is 37.6. The van der Waals surface area contributed by atoms with E-state index in [1.54, 1.807) is 0 Å². The first kappa shape index (κ1) is 19.2. The number of aromatic carboxylic acids is 1. The first-order valence-electron chi connectivity index (χ1n) is 6.65. The molecule has 0 aliphatic heterocycles. The Bertz CT molecular complexity index is 930. The van der Waals surface area contributed by atoms with Crippen LogP contribution in [0.5, 0.6) is 11.5 Å². The van der Waals surface area contributed by atoms with Gasteiger partial charge in [-0.3, -0.25) is 4.72 Å². The summed E-state index contributed by atoms with van der Waals surface area (Å²) in [6.45, 7) is 0. The van der Waals surface area contributed by atoms with Gasteiger partial charge in [-0.25, -0.2) is 8.42 Å². The minimum atomic E-state index is -4.22. The molecule has 0 fully saturated rings. The molecule has 134 valence electrons. The van der Waals surface area contributed by atoms with E-state index in [1.165, 1.54) is 26.4 Å². The third-order valence-corrected chi connectivity index (χ3v) is 5.32. The molecule has 0 amide bonds. The Morgan fingerprint density at radius 2 is 1.68 bits per heavy atom. The average molecular weight is 405 g/mol. The van der Waals surface area contributed by atoms with Gasteiger partial charge in [-0.15, -0.1) is 0 Å². The number of methoxy groups -OCH3 is 2. The number of nitrogens with one attached hydrogen (secondary N) is 1. The van der Waals surface area contributed by atoms with Crippen LogP contribution >= 0.6 is 23.2 Å². The van der Waals surface area contributed by atoms with E-state index in [0.717, 1.165) is 18.2 Å². The fourth-order valence-corrected chi connectivity index (χ4v) is 3.80. The molecule has 0 aromatic heterocycles. The van der Waals surface area contributed by atoms with E-state index in [2.05, 4.69) is 4.72 Å². The molecular weight excluding hydrogens is 393 g/mol. The van der Waals surface area contributed by atoms with Gasteiger partial charge in [0, 0.05) is 6.07 Å². The van der Waals surface area contributed by atoms with Gasteiger partial charge in [0.2, 0.25) is 0 Å². The fraction of sp³-hybridized carbons (Fsp3) is 0.133. The molecule has 0 atom stereocenters. The highest BCUT2D eigenvalue weighted by Crippen LogP contribution is 2.37. The molecule has 2 aromatic rings. The van der Waals surface area contributed by atoms with Crippen LogP contribution < -0.4 is 19.3 Å². The summed E-state index contributed by atoms with van der Waals surface area (Å²) in [5.41, 5.74) is -0.298. The van der Waals surface area contributed by atoms with E-state index in [-0.39, 0.29) is 27.0 Å². The van der Waals surface area contributed by atoms with Crippen LogP contribution in [-0.2, 0) is 10.0 Å². The molecule has 0 saturated carbocycles. The first-order chi connectivity index (χ1) is 11.7. The lowest BCUT2D eigenvalue weighted by molar-refractivity contribution is -0.255. The zero-order chi connectivity index (χ0) is 18.8. The van der Waals surface area contributed by atoms with Crippen molar-refractivity contribution >= 4 is 44.9 Å². The molecule has 0 heterocycles. The maximum atomic E-state index is 12.6. The van der Waals surface area contributed by atoms with Crippen LogP contribution in [0.1, 0.15) is 10.4 Å². The standard InChI is InChI=1S/C15H13Cl2NO6S/c1-23-12-7-13(24-2)11(6-10(12)17)18-25(21,22)14-5-8(15(19)20)3-4-9(14)16/h3-7,18H,1-2H3,(H,19,20)/p-1. The maximum absolute atomic E-state index is 12.6. The summed E-state index contributed by atoms with van der Waals surface area (Å²) in [7, 11) is -1.49. The minimum absolute atomic E-state index is 0.0308. The smallest absolute Gasteiger partial charge is 0.263 e. The number of ether oxygens (including phenoxy) is 2. The second-order valence-corrected chi connectivity index (χ2v) is 7.19. The predicted molar refractivity (Wildman–Crippen MR) is 91.1 cm³/mol. The van der Waals surface area contributed by atoms with E-state index in [1.807, 2.05) is 0 Å². The van der Waals surface area contributed by atoms with Crippen LogP contribution in [-0.4, -0.2) is 28.6 Å². The zero-order valence-corrected chi connectivity index (χ0v) is 15.3. The van der Waals surface area contributed by atoms with Crippen LogP contribution in [0, 0.1) is 0 Å². The summed E-state index contributed by atoms with van der Waals surface area (Å²) in [5.74, 6) is -1.09. The van der Waals surface area contributed by atoms with E-state index >= 15 is 0 Å². The number of sulfonamides is 1. The highest BCUT2D eigenvalue weighted by Gasteiger charge is 2.22. The Morgan fingerprint density at radius 3 is 2.24 bits per heavy atom. The van der Waals surface area contributed by atoms with Crippen LogP contribution in [0.4, 0.5) is 5.69 Å². The van der Waals surface area contributed by atoms with Crippen molar-refractivity contribution in [3.8, 4) is 11.5 Å². The van der Waals surface area contributed by atoms with Gasteiger partial charge in [0.05, 0.1) is 35.9 Å². The van der Waals surface area contributed by atoms with Crippen molar-refractivity contribution in [3.63, 3.8) is 0 Å². The summed E-state index contributed by atoms with van der Waals surface area (Å²) >= 11 is 11.9. The molecule has 1 N–H and O–H groups in total. The number of carboxylic acids is 1. The van der Waals surface area contributed by atoms with Crippen LogP contribution in [0.25, 0.3) is 0 Å². The van der Waals surface area contributed by atoms with E-state index < -0.39 is 20.9 Å². The van der Waals surface area contributed by atoms with Gasteiger partial charge in [-0.1, -0.05) is 29.3 Å². The number of carboxylic acid groups (broad SMARTS) is 1. The second-order valence-electron chi connectivity index (χ2n) is 4.73. The van der Waals surface area contributed by atoms with Gasteiger partial charge in [-0.2, -0.15) is 0 Å². The SMILES string of the molecule is COc1cc(OC)c(NS(=O)(=O)c2cc(C(=O)[O-])ccc2Cl)cc1Cl. The lowest BCUT2D eigenvalue weighted by atomic mass is 10.2. The summed E-state index contributed by atoms with van der Waals surface area (Å²) in [5, 5.41) is 10.9. The second kappa shape index (κ2) is 7.38. The number of hydrogen-bond acceptors (Lipinski definition) is 6. The molecule has 2 rings (SSSR count). The number of rotatable bonds is 6. The Balaban J connectivity index is 2.51. The first-order valence-corrected chi connectivity index (χ1v) is 8.88. The third kappa shape index (κ3) is 4.09. The Morgan fingerprint density at radius 1 is 1.04 bits per heavy atom. The number of carbonyl (C=O) groups excluding carboxylic acids is 1. The molecule has 10 heteroatoms. The Labute approximate surface area is 154 Å². The van der Waals surface area contributed by atoms with Crippen LogP contribution in [0.15, 0.2) is 35.2 Å². The molecule has 0 aliphatic carbocycles. The number of anilines is 1. The number of hydrogen-bond donors (Lipinski definition) is 1. The van der Waals surface area contributed by atoms with Gasteiger partial charge in [0.15, 0.2) is 0 Å². The van der Waals surface area contributed by atoms with Crippen molar-refractivity contribution in [2.75, 3.05) is 18.9 Å². The highest BCUT2D eigenvalue weighted by molar-refractivity contribution is 7.92. The third-order valence-electron chi connectivity index (χ3n) is 3.17. The average Bonchev–Trinajstić information content (AvgIpc) is 2.54. The lowest BCUT2D eigenvalue weighted by Crippen LogP contribution is -2.23. The zero-order valence-electron chi connectivity index (χ0n) is 13.0. The Kier molecular flexibility index (Phi) is 5.66. The van der Waals surface area contributed by atoms with Gasteiger partial charge in [-0.05, 0) is 23.8 Å². The molecule has 2 aromatic carbocycles. The highest BCUT2D eigenvalue weighted by atomic mass is 35.5. The van der Waals surface area contributed by atoms with Gasteiger partial charge in [0.25, 0.3) is 10.0 Å². The number of benzene rings is 2. The van der Waals surface area contributed by atoms with Crippen molar-refractivity contribution in [1.29, 1.82) is 0 Å². The Hall–Kier alpha value is -2.16. The minimum Gasteiger partial charge on any atom is -0.545 e. The number of carbonyl (C=O) groups is 1. The van der Waals surface area contributed by atoms with Crippen molar-refractivity contribution < 1.29 is 27.8 Å². The largest absolute Gasteiger partial charge is 0.545 e. The molecule has 0 spiro atoms. The van der Waals surface area contributed by atoms with Gasteiger partial charge in [0.1, 0.15) is 16.4 Å². The molecule has 0 bridgehead atoms. The van der Waals surface area contributed by atoms with Gasteiger partial charge >= 0.3 is 0 Å². The van der Waals surface area contributed by atoms with Crippen molar-refractivity contribution in [3.05, 3.63) is 45.9 Å². The quantitative estimate of drug-likeness (QED) is 0.790. The molecule has 0 radical (unpaired) electrons. The van der Waals surface area contributed by atoms with Crippen molar-refractivity contribution in [2.45, 2.75) is 4.90 Å². The lowest BCUT2D eigenvalue weighted by Gasteiger charge is -2.15. The maximum Gasteiger partial charge on any atom is 0.263 e. The number of halogens is 2. The van der Waals surface area contributed by atoms with Crippen molar-refractivity contribution in [2.24, 2.45) is 0 Å². The monoisotopic (exact) mass is 404 g/mol. The molecule has 0 aliphatic rings. The topological polar surface area (TPSA) is 105 Å². The molecule has 25 heavy (non-hydrogen) atoms. The van der Waals surface area contributed by atoms with Crippen LogP contribution in [0.3, 0.4) is 0 Å².